The first-order chi connectivity index (χ1) is 9.50. The van der Waals surface area contributed by atoms with Crippen LogP contribution in [0.25, 0.3) is 0 Å². The summed E-state index contributed by atoms with van der Waals surface area (Å²) in [5, 5.41) is 14.3. The lowest BCUT2D eigenvalue weighted by Gasteiger charge is -2.06. The quantitative estimate of drug-likeness (QED) is 0.804. The highest BCUT2D eigenvalue weighted by Gasteiger charge is 2.12. The highest BCUT2D eigenvalue weighted by Crippen LogP contribution is 2.18. The molecule has 0 bridgehead atoms. The Bertz CT molecular complexity index is 621. The molecular formula is C12H15BrClN5O. The number of rotatable bonds is 5. The van der Waals surface area contributed by atoms with Crippen molar-refractivity contribution in [3.8, 4) is 0 Å². The maximum absolute atomic E-state index is 11.8. The lowest BCUT2D eigenvalue weighted by Crippen LogP contribution is -2.26. The first-order valence-corrected chi connectivity index (χ1v) is 7.34. The number of aromatic nitrogens is 4. The van der Waals surface area contributed by atoms with E-state index in [-0.39, 0.29) is 5.91 Å². The lowest BCUT2D eigenvalue weighted by atomic mass is 10.3. The molecule has 2 rings (SSSR count). The molecule has 0 aliphatic heterocycles. The van der Waals surface area contributed by atoms with Gasteiger partial charge in [0.15, 0.2) is 0 Å². The molecule has 0 radical (unpaired) electrons. The second kappa shape index (κ2) is 6.41. The fourth-order valence-corrected chi connectivity index (χ4v) is 2.35. The summed E-state index contributed by atoms with van der Waals surface area (Å²) in [6.45, 7) is 5.08. The van der Waals surface area contributed by atoms with Crippen LogP contribution in [0.5, 0.6) is 0 Å². The lowest BCUT2D eigenvalue weighted by molar-refractivity contribution is 0.0947. The van der Waals surface area contributed by atoms with E-state index in [2.05, 4.69) is 36.5 Å². The van der Waals surface area contributed by atoms with Crippen molar-refractivity contribution in [2.24, 2.45) is 0 Å². The first-order valence-electron chi connectivity index (χ1n) is 6.17. The highest BCUT2D eigenvalue weighted by atomic mass is 79.9. The van der Waals surface area contributed by atoms with Crippen LogP contribution < -0.4 is 5.32 Å². The summed E-state index contributed by atoms with van der Waals surface area (Å²) in [5.41, 5.74) is 2.21. The van der Waals surface area contributed by atoms with Crippen molar-refractivity contribution in [2.75, 3.05) is 6.54 Å². The molecule has 6 nitrogen and oxygen atoms in total. The highest BCUT2D eigenvalue weighted by molar-refractivity contribution is 9.10. The van der Waals surface area contributed by atoms with Crippen LogP contribution in [0.3, 0.4) is 0 Å². The standard InChI is InChI=1S/C12H15BrClN5O/c1-7-10(14)8(2)19(18-7)5-3-4-15-12(20)11-9(13)6-16-17-11/h6H,3-5H2,1-2H3,(H,15,20)(H,16,17). The summed E-state index contributed by atoms with van der Waals surface area (Å²) in [6, 6.07) is 0. The van der Waals surface area contributed by atoms with Crippen LogP contribution in [0, 0.1) is 13.8 Å². The Morgan fingerprint density at radius 3 is 2.85 bits per heavy atom. The Kier molecular flexibility index (Phi) is 4.82. The van der Waals surface area contributed by atoms with Crippen LogP contribution in [-0.4, -0.2) is 32.4 Å². The molecule has 0 saturated carbocycles. The number of nitrogens with one attached hydrogen (secondary N) is 2. The second-order valence-electron chi connectivity index (χ2n) is 4.41. The first kappa shape index (κ1) is 15.1. The van der Waals surface area contributed by atoms with Gasteiger partial charge in [0.2, 0.25) is 0 Å². The third kappa shape index (κ3) is 3.21. The van der Waals surface area contributed by atoms with E-state index in [1.807, 2.05) is 18.5 Å². The maximum Gasteiger partial charge on any atom is 0.270 e. The zero-order valence-electron chi connectivity index (χ0n) is 11.2. The van der Waals surface area contributed by atoms with E-state index in [0.717, 1.165) is 17.8 Å². The average Bonchev–Trinajstić information content (AvgIpc) is 2.94. The molecule has 0 aliphatic rings. The summed E-state index contributed by atoms with van der Waals surface area (Å²) in [7, 11) is 0. The normalized spacial score (nSPS) is 10.8. The van der Waals surface area contributed by atoms with Gasteiger partial charge in [-0.1, -0.05) is 11.6 Å². The Hall–Kier alpha value is -1.34. The molecule has 1 amide bonds. The molecule has 0 fully saturated rings. The Labute approximate surface area is 130 Å². The number of amides is 1. The summed E-state index contributed by atoms with van der Waals surface area (Å²) in [4.78, 5) is 11.8. The van der Waals surface area contributed by atoms with E-state index in [1.54, 1.807) is 6.20 Å². The van der Waals surface area contributed by atoms with Gasteiger partial charge < -0.3 is 5.32 Å². The van der Waals surface area contributed by atoms with Gasteiger partial charge in [-0.3, -0.25) is 14.6 Å². The molecule has 0 aromatic carbocycles. The molecule has 0 aliphatic carbocycles. The number of H-pyrrole nitrogens is 1. The molecule has 20 heavy (non-hydrogen) atoms. The minimum Gasteiger partial charge on any atom is -0.351 e. The molecular weight excluding hydrogens is 346 g/mol. The van der Waals surface area contributed by atoms with E-state index in [1.165, 1.54) is 0 Å². The van der Waals surface area contributed by atoms with Crippen LogP contribution in [0.4, 0.5) is 0 Å². The van der Waals surface area contributed by atoms with Crippen molar-refractivity contribution >= 4 is 33.4 Å². The molecule has 2 aromatic heterocycles. The van der Waals surface area contributed by atoms with Crippen LogP contribution in [0.1, 0.15) is 28.3 Å². The number of carbonyl (C=O) groups excluding carboxylic acids is 1. The number of halogens is 2. The predicted molar refractivity (Wildman–Crippen MR) is 79.9 cm³/mol. The Balaban J connectivity index is 1.81. The van der Waals surface area contributed by atoms with Gasteiger partial charge in [-0.2, -0.15) is 10.2 Å². The summed E-state index contributed by atoms with van der Waals surface area (Å²) < 4.78 is 2.51. The largest absolute Gasteiger partial charge is 0.351 e. The molecule has 0 atom stereocenters. The van der Waals surface area contributed by atoms with Crippen LogP contribution in [0.15, 0.2) is 10.7 Å². The van der Waals surface area contributed by atoms with E-state index in [4.69, 9.17) is 11.6 Å². The molecule has 108 valence electrons. The fraction of sp³-hybridized carbons (Fsp3) is 0.417. The second-order valence-corrected chi connectivity index (χ2v) is 5.64. The minimum absolute atomic E-state index is 0.180. The smallest absolute Gasteiger partial charge is 0.270 e. The maximum atomic E-state index is 11.8. The predicted octanol–water partition coefficient (Wildman–Crippen LogP) is 2.46. The molecule has 2 heterocycles. The molecule has 0 saturated heterocycles. The third-order valence-corrected chi connectivity index (χ3v) is 4.09. The number of nitrogens with zero attached hydrogens (tertiary/aromatic N) is 3. The van der Waals surface area contributed by atoms with E-state index in [0.29, 0.717) is 28.3 Å². The summed E-state index contributed by atoms with van der Waals surface area (Å²) in [5.74, 6) is -0.180. The number of hydrogen-bond donors (Lipinski definition) is 2. The van der Waals surface area contributed by atoms with Crippen molar-refractivity contribution < 1.29 is 4.79 Å². The van der Waals surface area contributed by atoms with E-state index < -0.39 is 0 Å². The third-order valence-electron chi connectivity index (χ3n) is 2.95. The zero-order chi connectivity index (χ0) is 14.7. The molecule has 8 heteroatoms. The van der Waals surface area contributed by atoms with Crippen molar-refractivity contribution in [1.29, 1.82) is 0 Å². The van der Waals surface area contributed by atoms with Gasteiger partial charge in [0.05, 0.1) is 27.1 Å². The Morgan fingerprint density at radius 1 is 1.55 bits per heavy atom. The molecule has 0 spiro atoms. The van der Waals surface area contributed by atoms with Gasteiger partial charge in [0.1, 0.15) is 5.69 Å². The van der Waals surface area contributed by atoms with Gasteiger partial charge in [-0.25, -0.2) is 0 Å². The zero-order valence-corrected chi connectivity index (χ0v) is 13.5. The number of aromatic amines is 1. The van der Waals surface area contributed by atoms with Gasteiger partial charge in [-0.05, 0) is 36.2 Å². The molecule has 2 aromatic rings. The van der Waals surface area contributed by atoms with Crippen LogP contribution in [-0.2, 0) is 6.54 Å². The minimum atomic E-state index is -0.180. The van der Waals surface area contributed by atoms with Crippen molar-refractivity contribution in [3.63, 3.8) is 0 Å². The monoisotopic (exact) mass is 359 g/mol. The van der Waals surface area contributed by atoms with Crippen molar-refractivity contribution in [1.82, 2.24) is 25.3 Å². The van der Waals surface area contributed by atoms with Gasteiger partial charge in [0.25, 0.3) is 5.91 Å². The summed E-state index contributed by atoms with van der Waals surface area (Å²) >= 11 is 9.33. The van der Waals surface area contributed by atoms with Gasteiger partial charge >= 0.3 is 0 Å². The topological polar surface area (TPSA) is 75.6 Å². The van der Waals surface area contributed by atoms with E-state index in [9.17, 15) is 4.79 Å². The van der Waals surface area contributed by atoms with Crippen molar-refractivity contribution in [2.45, 2.75) is 26.8 Å². The summed E-state index contributed by atoms with van der Waals surface area (Å²) in [6.07, 6.45) is 2.32. The molecule has 0 unspecified atom stereocenters. The Morgan fingerprint density at radius 2 is 2.30 bits per heavy atom. The molecule has 2 N–H and O–H groups in total. The number of carbonyl (C=O) groups is 1. The van der Waals surface area contributed by atoms with Crippen LogP contribution >= 0.6 is 27.5 Å². The number of hydrogen-bond acceptors (Lipinski definition) is 3. The fourth-order valence-electron chi connectivity index (χ4n) is 1.84. The van der Waals surface area contributed by atoms with E-state index >= 15 is 0 Å². The van der Waals surface area contributed by atoms with Gasteiger partial charge in [-0.15, -0.1) is 0 Å². The number of aryl methyl sites for hydroxylation is 2. The SMILES string of the molecule is Cc1nn(CCCNC(=O)c2[nH]ncc2Br)c(C)c1Cl. The van der Waals surface area contributed by atoms with Gasteiger partial charge in [0, 0.05) is 13.1 Å². The average molecular weight is 361 g/mol. The van der Waals surface area contributed by atoms with Crippen molar-refractivity contribution in [3.05, 3.63) is 32.8 Å². The van der Waals surface area contributed by atoms with Crippen LogP contribution in [0.2, 0.25) is 5.02 Å².